The summed E-state index contributed by atoms with van der Waals surface area (Å²) < 4.78 is 0. The molecule has 0 radical (unpaired) electrons. The van der Waals surface area contributed by atoms with Crippen LogP contribution in [-0.2, 0) is 0 Å². The van der Waals surface area contributed by atoms with Gasteiger partial charge in [0.2, 0.25) is 0 Å². The van der Waals surface area contributed by atoms with Crippen LogP contribution in [0.3, 0.4) is 0 Å². The molecule has 3 rings (SSSR count). The Morgan fingerprint density at radius 3 is 2.54 bits per heavy atom. The second-order valence-corrected chi connectivity index (χ2v) is 5.68. The second kappa shape index (κ2) is 7.06. The third-order valence-corrected chi connectivity index (χ3v) is 4.01. The van der Waals surface area contributed by atoms with Gasteiger partial charge in [0.1, 0.15) is 6.07 Å². The number of hydrogen-bond donors (Lipinski definition) is 1. The predicted octanol–water partition coefficient (Wildman–Crippen LogP) is 1.35. The Hall–Kier alpha value is -2.98. The highest BCUT2D eigenvalue weighted by molar-refractivity contribution is 6.03. The van der Waals surface area contributed by atoms with Gasteiger partial charge >= 0.3 is 0 Å². The molecular formula is C17H18N6O. The van der Waals surface area contributed by atoms with E-state index < -0.39 is 0 Å². The van der Waals surface area contributed by atoms with Crippen LogP contribution in [0.15, 0.2) is 36.4 Å². The minimum atomic E-state index is -0.380. The number of para-hydroxylation sites is 1. The maximum absolute atomic E-state index is 12.3. The minimum absolute atomic E-state index is 0.223. The number of nitriles is 1. The monoisotopic (exact) mass is 322 g/mol. The number of nitrogens with zero attached hydrogens (tertiary/aromatic N) is 5. The van der Waals surface area contributed by atoms with Gasteiger partial charge in [-0.05, 0) is 31.3 Å². The summed E-state index contributed by atoms with van der Waals surface area (Å²) in [5.41, 5.74) is 1.10. The van der Waals surface area contributed by atoms with Crippen LogP contribution < -0.4 is 10.2 Å². The van der Waals surface area contributed by atoms with Gasteiger partial charge in [0, 0.05) is 26.2 Å². The Bertz CT molecular complexity index is 759. The van der Waals surface area contributed by atoms with Crippen LogP contribution in [0.2, 0.25) is 0 Å². The summed E-state index contributed by atoms with van der Waals surface area (Å²) in [4.78, 5) is 16.7. The van der Waals surface area contributed by atoms with Gasteiger partial charge in [-0.25, -0.2) is 0 Å². The lowest BCUT2D eigenvalue weighted by Gasteiger charge is -2.32. The lowest BCUT2D eigenvalue weighted by atomic mass is 10.2. The zero-order valence-electron chi connectivity index (χ0n) is 13.4. The van der Waals surface area contributed by atoms with E-state index in [9.17, 15) is 4.79 Å². The average Bonchev–Trinajstić information content (AvgIpc) is 2.63. The molecule has 0 saturated carbocycles. The van der Waals surface area contributed by atoms with Gasteiger partial charge in [-0.2, -0.15) is 5.26 Å². The normalized spacial score (nSPS) is 14.9. The molecule has 122 valence electrons. The molecule has 0 spiro atoms. The molecule has 1 aromatic carbocycles. The van der Waals surface area contributed by atoms with E-state index in [0.29, 0.717) is 11.3 Å². The fourth-order valence-electron chi connectivity index (χ4n) is 2.53. The molecule has 1 saturated heterocycles. The van der Waals surface area contributed by atoms with Gasteiger partial charge < -0.3 is 15.1 Å². The van der Waals surface area contributed by atoms with Gasteiger partial charge in [0.25, 0.3) is 5.91 Å². The van der Waals surface area contributed by atoms with Gasteiger partial charge in [-0.3, -0.25) is 4.79 Å². The van der Waals surface area contributed by atoms with Crippen molar-refractivity contribution in [2.24, 2.45) is 0 Å². The molecule has 24 heavy (non-hydrogen) atoms. The molecule has 0 unspecified atom stereocenters. The van der Waals surface area contributed by atoms with Crippen molar-refractivity contribution < 1.29 is 4.79 Å². The number of benzene rings is 1. The fourth-order valence-corrected chi connectivity index (χ4v) is 2.53. The zero-order valence-corrected chi connectivity index (χ0v) is 13.4. The molecule has 1 N–H and O–H groups in total. The first-order valence-corrected chi connectivity index (χ1v) is 7.75. The smallest absolute Gasteiger partial charge is 0.276 e. The summed E-state index contributed by atoms with van der Waals surface area (Å²) in [6, 6.07) is 12.4. The first kappa shape index (κ1) is 15.9. The van der Waals surface area contributed by atoms with Crippen molar-refractivity contribution >= 4 is 17.4 Å². The van der Waals surface area contributed by atoms with Gasteiger partial charge in [0.15, 0.2) is 11.5 Å². The second-order valence-electron chi connectivity index (χ2n) is 5.68. The third-order valence-electron chi connectivity index (χ3n) is 4.01. The molecule has 1 fully saturated rings. The van der Waals surface area contributed by atoms with Crippen molar-refractivity contribution in [3.8, 4) is 6.07 Å². The molecular weight excluding hydrogens is 304 g/mol. The van der Waals surface area contributed by atoms with Crippen molar-refractivity contribution in [2.45, 2.75) is 0 Å². The molecule has 7 heteroatoms. The Morgan fingerprint density at radius 2 is 1.88 bits per heavy atom. The summed E-state index contributed by atoms with van der Waals surface area (Å²) in [7, 11) is 2.09. The number of carbonyl (C=O) groups is 1. The molecule has 1 aliphatic heterocycles. The maximum atomic E-state index is 12.3. The molecule has 1 aliphatic rings. The summed E-state index contributed by atoms with van der Waals surface area (Å²) in [5, 5.41) is 19.9. The van der Waals surface area contributed by atoms with E-state index in [1.54, 1.807) is 30.3 Å². The quantitative estimate of drug-likeness (QED) is 0.918. The summed E-state index contributed by atoms with van der Waals surface area (Å²) in [5.74, 6) is 0.396. The van der Waals surface area contributed by atoms with E-state index >= 15 is 0 Å². The van der Waals surface area contributed by atoms with Crippen molar-refractivity contribution in [1.82, 2.24) is 15.1 Å². The number of rotatable bonds is 3. The molecule has 2 aromatic rings. The van der Waals surface area contributed by atoms with Crippen LogP contribution in [0.1, 0.15) is 16.1 Å². The van der Waals surface area contributed by atoms with Crippen LogP contribution >= 0.6 is 0 Å². The lowest BCUT2D eigenvalue weighted by Crippen LogP contribution is -2.44. The van der Waals surface area contributed by atoms with Crippen molar-refractivity contribution in [3.05, 3.63) is 47.7 Å². The Kier molecular flexibility index (Phi) is 4.68. The van der Waals surface area contributed by atoms with Gasteiger partial charge in [0.05, 0.1) is 11.3 Å². The molecule has 0 aliphatic carbocycles. The largest absolute Gasteiger partial charge is 0.353 e. The van der Waals surface area contributed by atoms with Crippen LogP contribution in [0, 0.1) is 11.3 Å². The standard InChI is InChI=1S/C17H18N6O/c1-22-8-10-23(11-9-22)16-7-6-15(20-21-16)17(24)19-14-5-3-2-4-13(14)12-18/h2-7H,8-11H2,1H3,(H,19,24). The number of aromatic nitrogens is 2. The van der Waals surface area contributed by atoms with Gasteiger partial charge in [-0.1, -0.05) is 12.1 Å². The van der Waals surface area contributed by atoms with Crippen LogP contribution in [0.25, 0.3) is 0 Å². The van der Waals surface area contributed by atoms with Gasteiger partial charge in [-0.15, -0.1) is 10.2 Å². The van der Waals surface area contributed by atoms with E-state index in [1.165, 1.54) is 0 Å². The first-order valence-electron chi connectivity index (χ1n) is 7.75. The number of carbonyl (C=O) groups excluding carboxylic acids is 1. The van der Waals surface area contributed by atoms with Crippen LogP contribution in [-0.4, -0.2) is 54.2 Å². The molecule has 1 aromatic heterocycles. The molecule has 0 atom stereocenters. The number of hydrogen-bond acceptors (Lipinski definition) is 6. The first-order chi connectivity index (χ1) is 11.7. The number of likely N-dealkylation sites (N-methyl/N-ethyl adjacent to an activating group) is 1. The highest BCUT2D eigenvalue weighted by Crippen LogP contribution is 2.16. The van der Waals surface area contributed by atoms with E-state index in [4.69, 9.17) is 5.26 Å². The number of piperazine rings is 1. The summed E-state index contributed by atoms with van der Waals surface area (Å²) in [6.45, 7) is 3.75. The highest BCUT2D eigenvalue weighted by atomic mass is 16.1. The molecule has 1 amide bonds. The average molecular weight is 322 g/mol. The van der Waals surface area contributed by atoms with Crippen molar-refractivity contribution in [2.75, 3.05) is 43.4 Å². The Balaban J connectivity index is 1.69. The van der Waals surface area contributed by atoms with Crippen molar-refractivity contribution in [3.63, 3.8) is 0 Å². The SMILES string of the molecule is CN1CCN(c2ccc(C(=O)Nc3ccccc3C#N)nn2)CC1. The van der Waals surface area contributed by atoms with E-state index in [1.807, 2.05) is 12.1 Å². The highest BCUT2D eigenvalue weighted by Gasteiger charge is 2.17. The Morgan fingerprint density at radius 1 is 1.12 bits per heavy atom. The van der Waals surface area contributed by atoms with E-state index in [0.717, 1.165) is 32.0 Å². The number of anilines is 2. The van der Waals surface area contributed by atoms with Crippen molar-refractivity contribution in [1.29, 1.82) is 5.26 Å². The summed E-state index contributed by atoms with van der Waals surface area (Å²) >= 11 is 0. The number of amides is 1. The lowest BCUT2D eigenvalue weighted by molar-refractivity contribution is 0.102. The molecule has 0 bridgehead atoms. The zero-order chi connectivity index (χ0) is 16.9. The fraction of sp³-hybridized carbons (Fsp3) is 0.294. The third kappa shape index (κ3) is 3.50. The predicted molar refractivity (Wildman–Crippen MR) is 90.9 cm³/mol. The van der Waals surface area contributed by atoms with Crippen LogP contribution in [0.5, 0.6) is 0 Å². The topological polar surface area (TPSA) is 85.1 Å². The minimum Gasteiger partial charge on any atom is -0.353 e. The number of nitrogens with one attached hydrogen (secondary N) is 1. The summed E-state index contributed by atoms with van der Waals surface area (Å²) in [6.07, 6.45) is 0. The Labute approximate surface area is 140 Å². The van der Waals surface area contributed by atoms with E-state index in [-0.39, 0.29) is 11.6 Å². The van der Waals surface area contributed by atoms with Crippen LogP contribution in [0.4, 0.5) is 11.5 Å². The molecule has 7 nitrogen and oxygen atoms in total. The molecule has 2 heterocycles. The van der Waals surface area contributed by atoms with E-state index in [2.05, 4.69) is 32.4 Å². The maximum Gasteiger partial charge on any atom is 0.276 e.